The maximum absolute atomic E-state index is 13.0. The molecule has 0 spiro atoms. The van der Waals surface area contributed by atoms with Gasteiger partial charge in [-0.05, 0) is 48.5 Å². The Kier molecular flexibility index (Phi) is 5.74. The van der Waals surface area contributed by atoms with Crippen LogP contribution in [0.2, 0.25) is 0 Å². The first-order chi connectivity index (χ1) is 16.9. The van der Waals surface area contributed by atoms with Crippen molar-refractivity contribution in [1.29, 1.82) is 0 Å². The second-order valence-electron chi connectivity index (χ2n) is 7.84. The van der Waals surface area contributed by atoms with Crippen molar-refractivity contribution in [3.8, 4) is 11.3 Å². The molecule has 0 aliphatic heterocycles. The first kappa shape index (κ1) is 22.3. The van der Waals surface area contributed by atoms with Crippen molar-refractivity contribution in [3.05, 3.63) is 108 Å². The molecule has 0 aliphatic carbocycles. The molecule has 3 aromatic heterocycles. The van der Waals surface area contributed by atoms with E-state index in [-0.39, 0.29) is 5.56 Å². The van der Waals surface area contributed by atoms with E-state index in [2.05, 4.69) is 20.3 Å². The Morgan fingerprint density at radius 1 is 0.914 bits per heavy atom. The van der Waals surface area contributed by atoms with Crippen molar-refractivity contribution in [1.82, 2.24) is 19.5 Å². The molecule has 0 saturated heterocycles. The number of nitrogens with one attached hydrogen (secondary N) is 1. The highest BCUT2D eigenvalue weighted by Gasteiger charge is 2.30. The molecule has 174 valence electrons. The number of nitrogens with zero attached hydrogens (tertiary/aromatic N) is 4. The number of aromatic nitrogens is 4. The number of rotatable bonds is 5. The molecule has 6 nitrogen and oxygen atoms in total. The summed E-state index contributed by atoms with van der Waals surface area (Å²) in [7, 11) is 0. The highest BCUT2D eigenvalue weighted by Crippen LogP contribution is 2.30. The van der Waals surface area contributed by atoms with Crippen LogP contribution in [0.3, 0.4) is 0 Å². The zero-order valence-corrected chi connectivity index (χ0v) is 18.2. The molecule has 1 N–H and O–H groups in total. The van der Waals surface area contributed by atoms with Gasteiger partial charge >= 0.3 is 6.18 Å². The van der Waals surface area contributed by atoms with E-state index in [0.29, 0.717) is 17.9 Å². The van der Waals surface area contributed by atoms with Crippen LogP contribution in [0.4, 0.5) is 18.9 Å². The Bertz CT molecular complexity index is 1510. The van der Waals surface area contributed by atoms with Gasteiger partial charge in [0.2, 0.25) is 0 Å². The number of halogens is 3. The van der Waals surface area contributed by atoms with Crippen LogP contribution in [0.5, 0.6) is 0 Å². The molecule has 0 unspecified atom stereocenters. The zero-order chi connectivity index (χ0) is 24.4. The van der Waals surface area contributed by atoms with Crippen LogP contribution >= 0.6 is 0 Å². The Balaban J connectivity index is 1.42. The normalized spacial score (nSPS) is 11.5. The fraction of sp³-hybridized carbons (Fsp3) is 0.0769. The van der Waals surface area contributed by atoms with E-state index in [9.17, 15) is 18.0 Å². The highest BCUT2D eigenvalue weighted by atomic mass is 19.4. The van der Waals surface area contributed by atoms with Gasteiger partial charge in [0, 0.05) is 34.6 Å². The highest BCUT2D eigenvalue weighted by molar-refractivity contribution is 6.04. The van der Waals surface area contributed by atoms with Crippen molar-refractivity contribution >= 4 is 22.6 Å². The van der Waals surface area contributed by atoms with E-state index >= 15 is 0 Å². The summed E-state index contributed by atoms with van der Waals surface area (Å²) in [6, 6.07) is 18.9. The summed E-state index contributed by atoms with van der Waals surface area (Å²) in [5.41, 5.74) is 2.51. The minimum Gasteiger partial charge on any atom is -0.326 e. The van der Waals surface area contributed by atoms with E-state index < -0.39 is 17.6 Å². The molecule has 35 heavy (non-hydrogen) atoms. The Hall–Kier alpha value is -4.53. The lowest BCUT2D eigenvalue weighted by Crippen LogP contribution is -2.14. The fourth-order valence-electron chi connectivity index (χ4n) is 3.81. The van der Waals surface area contributed by atoms with Crippen molar-refractivity contribution in [2.75, 3.05) is 5.32 Å². The van der Waals surface area contributed by atoms with Gasteiger partial charge in [-0.3, -0.25) is 9.78 Å². The SMILES string of the molecule is O=C(Nc1cccc(-c2ncnc3c2ccn3Cc2ccccn2)c1)c1cccc(C(F)(F)F)c1. The number of fused-ring (bicyclic) bond motifs is 1. The molecule has 0 radical (unpaired) electrons. The molecule has 5 aromatic rings. The number of amides is 1. The third-order valence-electron chi connectivity index (χ3n) is 5.46. The average molecular weight is 473 g/mol. The van der Waals surface area contributed by atoms with Gasteiger partial charge in [-0.15, -0.1) is 0 Å². The maximum atomic E-state index is 13.0. The van der Waals surface area contributed by atoms with E-state index in [1.165, 1.54) is 18.5 Å². The Morgan fingerprint density at radius 3 is 2.57 bits per heavy atom. The third-order valence-corrected chi connectivity index (χ3v) is 5.46. The summed E-state index contributed by atoms with van der Waals surface area (Å²) in [5, 5.41) is 3.49. The number of pyridine rings is 1. The third kappa shape index (κ3) is 4.74. The number of carbonyl (C=O) groups excluding carboxylic acids is 1. The first-order valence-electron chi connectivity index (χ1n) is 10.7. The summed E-state index contributed by atoms with van der Waals surface area (Å²) < 4.78 is 41.0. The van der Waals surface area contributed by atoms with Gasteiger partial charge in [0.05, 0.1) is 23.5 Å². The van der Waals surface area contributed by atoms with Crippen LogP contribution < -0.4 is 5.32 Å². The molecule has 0 atom stereocenters. The molecule has 3 heterocycles. The Morgan fingerprint density at radius 2 is 1.77 bits per heavy atom. The van der Waals surface area contributed by atoms with Crippen LogP contribution in [0.1, 0.15) is 21.6 Å². The van der Waals surface area contributed by atoms with Crippen LogP contribution in [-0.2, 0) is 12.7 Å². The standard InChI is InChI=1S/C26H18F3N5O/c27-26(28,29)19-7-3-6-18(13-19)25(35)33-20-9-4-5-17(14-20)23-22-10-12-34(24(22)32-16-31-23)15-21-8-1-2-11-30-21/h1-14,16H,15H2,(H,33,35). The minimum atomic E-state index is -4.53. The Labute approximate surface area is 198 Å². The van der Waals surface area contributed by atoms with Gasteiger partial charge in [-0.1, -0.05) is 24.3 Å². The monoisotopic (exact) mass is 473 g/mol. The molecule has 9 heteroatoms. The molecular weight excluding hydrogens is 455 g/mol. The average Bonchev–Trinajstić information content (AvgIpc) is 3.27. The maximum Gasteiger partial charge on any atom is 0.416 e. The van der Waals surface area contributed by atoms with Gasteiger partial charge in [-0.25, -0.2) is 9.97 Å². The van der Waals surface area contributed by atoms with E-state index in [1.54, 1.807) is 24.4 Å². The second-order valence-corrected chi connectivity index (χ2v) is 7.84. The molecular formula is C26H18F3N5O. The summed E-state index contributed by atoms with van der Waals surface area (Å²) in [6.45, 7) is 0.549. The number of hydrogen-bond acceptors (Lipinski definition) is 4. The van der Waals surface area contributed by atoms with Gasteiger partial charge in [0.15, 0.2) is 0 Å². The van der Waals surface area contributed by atoms with Crippen molar-refractivity contribution in [2.45, 2.75) is 12.7 Å². The van der Waals surface area contributed by atoms with E-state index in [1.807, 2.05) is 41.1 Å². The number of anilines is 1. The van der Waals surface area contributed by atoms with Gasteiger partial charge in [0.1, 0.15) is 12.0 Å². The lowest BCUT2D eigenvalue weighted by Gasteiger charge is -2.10. The van der Waals surface area contributed by atoms with Crippen LogP contribution in [0.25, 0.3) is 22.3 Å². The predicted molar refractivity (Wildman–Crippen MR) is 126 cm³/mol. The molecule has 0 fully saturated rings. The van der Waals surface area contributed by atoms with Gasteiger partial charge in [0.25, 0.3) is 5.91 Å². The molecule has 2 aromatic carbocycles. The van der Waals surface area contributed by atoms with Gasteiger partial charge < -0.3 is 9.88 Å². The van der Waals surface area contributed by atoms with Crippen LogP contribution in [0, 0.1) is 0 Å². The summed E-state index contributed by atoms with van der Waals surface area (Å²) in [4.78, 5) is 25.8. The minimum absolute atomic E-state index is 0.0822. The fourth-order valence-corrected chi connectivity index (χ4v) is 3.81. The largest absolute Gasteiger partial charge is 0.416 e. The summed E-state index contributed by atoms with van der Waals surface area (Å²) in [6.07, 6.45) is 0.597. The second kappa shape index (κ2) is 9.02. The number of alkyl halides is 3. The van der Waals surface area contributed by atoms with E-state index in [4.69, 9.17) is 0 Å². The number of benzene rings is 2. The van der Waals surface area contributed by atoms with E-state index in [0.717, 1.165) is 34.4 Å². The predicted octanol–water partition coefficient (Wildman–Crippen LogP) is 5.81. The molecule has 5 rings (SSSR count). The lowest BCUT2D eigenvalue weighted by molar-refractivity contribution is -0.137. The quantitative estimate of drug-likeness (QED) is 0.350. The molecule has 0 bridgehead atoms. The topological polar surface area (TPSA) is 72.7 Å². The van der Waals surface area contributed by atoms with Crippen LogP contribution in [-0.4, -0.2) is 25.4 Å². The zero-order valence-electron chi connectivity index (χ0n) is 18.2. The lowest BCUT2D eigenvalue weighted by atomic mass is 10.1. The molecule has 0 aliphatic rings. The van der Waals surface area contributed by atoms with Crippen molar-refractivity contribution < 1.29 is 18.0 Å². The molecule has 0 saturated carbocycles. The van der Waals surface area contributed by atoms with Gasteiger partial charge in [-0.2, -0.15) is 13.2 Å². The molecule has 1 amide bonds. The number of carbonyl (C=O) groups is 1. The van der Waals surface area contributed by atoms with Crippen LogP contribution in [0.15, 0.2) is 91.5 Å². The van der Waals surface area contributed by atoms with Crippen molar-refractivity contribution in [3.63, 3.8) is 0 Å². The number of hydrogen-bond donors (Lipinski definition) is 1. The smallest absolute Gasteiger partial charge is 0.326 e. The summed E-state index contributed by atoms with van der Waals surface area (Å²) >= 11 is 0. The van der Waals surface area contributed by atoms with Crippen molar-refractivity contribution in [2.24, 2.45) is 0 Å². The summed E-state index contributed by atoms with van der Waals surface area (Å²) in [5.74, 6) is -0.636. The first-order valence-corrected chi connectivity index (χ1v) is 10.7.